The summed E-state index contributed by atoms with van der Waals surface area (Å²) < 4.78 is 5.34. The number of hydrogen-bond acceptors (Lipinski definition) is 6. The summed E-state index contributed by atoms with van der Waals surface area (Å²) in [5.41, 5.74) is 1.10. The molecule has 2 aromatic heterocycles. The van der Waals surface area contributed by atoms with Crippen molar-refractivity contribution >= 4 is 28.8 Å². The summed E-state index contributed by atoms with van der Waals surface area (Å²) in [7, 11) is 1.80. The fourth-order valence-electron chi connectivity index (χ4n) is 3.69. The Balaban J connectivity index is 1.35. The minimum atomic E-state index is -0.0316. The van der Waals surface area contributed by atoms with Gasteiger partial charge < -0.3 is 9.42 Å². The Hall–Kier alpha value is -2.22. The average Bonchev–Trinajstić information content (AvgIpc) is 3.41. The predicted octanol–water partition coefficient (Wildman–Crippen LogP) is 4.32. The summed E-state index contributed by atoms with van der Waals surface area (Å²) in [4.78, 5) is 22.4. The fourth-order valence-corrected chi connectivity index (χ4v) is 4.53. The molecule has 0 radical (unpaired) electrons. The van der Waals surface area contributed by atoms with E-state index < -0.39 is 0 Å². The van der Waals surface area contributed by atoms with Crippen LogP contribution >= 0.6 is 22.9 Å². The van der Waals surface area contributed by atoms with Crippen LogP contribution in [0.1, 0.15) is 24.3 Å². The molecule has 1 aliphatic heterocycles. The highest BCUT2D eigenvalue weighted by Crippen LogP contribution is 2.24. The average molecular weight is 431 g/mol. The molecule has 6 nitrogen and oxygen atoms in total. The second-order valence-corrected chi connectivity index (χ2v) is 8.70. The highest BCUT2D eigenvalue weighted by Gasteiger charge is 2.29. The molecular weight excluding hydrogens is 408 g/mol. The number of hydrogen-bond donors (Lipinski definition) is 0. The molecule has 0 saturated carbocycles. The van der Waals surface area contributed by atoms with Gasteiger partial charge in [-0.05, 0) is 42.5 Å². The third-order valence-corrected chi connectivity index (χ3v) is 6.40. The maximum atomic E-state index is 13.0. The molecule has 3 aromatic rings. The lowest BCUT2D eigenvalue weighted by Gasteiger charge is -2.33. The van der Waals surface area contributed by atoms with Crippen molar-refractivity contribution in [2.24, 2.45) is 5.92 Å². The summed E-state index contributed by atoms with van der Waals surface area (Å²) in [6, 6.07) is 11.8. The Morgan fingerprint density at radius 2 is 2.21 bits per heavy atom. The van der Waals surface area contributed by atoms with E-state index in [1.165, 1.54) is 0 Å². The molecule has 1 amide bonds. The molecule has 152 valence electrons. The molecule has 0 N–H and O–H groups in total. The number of benzene rings is 1. The SMILES string of the molecule is CN(Cc1nc(-c2cccs2)no1)C(=O)[C@H]1CCCN(Cc2ccccc2Cl)C1. The van der Waals surface area contributed by atoms with Gasteiger partial charge in [-0.2, -0.15) is 4.98 Å². The molecule has 0 aliphatic carbocycles. The first-order valence-corrected chi connectivity index (χ1v) is 10.9. The zero-order chi connectivity index (χ0) is 20.2. The van der Waals surface area contributed by atoms with Crippen molar-refractivity contribution in [3.8, 4) is 10.7 Å². The maximum absolute atomic E-state index is 13.0. The van der Waals surface area contributed by atoms with Gasteiger partial charge in [0.15, 0.2) is 0 Å². The second kappa shape index (κ2) is 9.07. The monoisotopic (exact) mass is 430 g/mol. The molecule has 8 heteroatoms. The number of thiophene rings is 1. The molecule has 29 heavy (non-hydrogen) atoms. The van der Waals surface area contributed by atoms with Crippen molar-refractivity contribution in [1.82, 2.24) is 19.9 Å². The van der Waals surface area contributed by atoms with Crippen LogP contribution in [0, 0.1) is 5.92 Å². The third-order valence-electron chi connectivity index (χ3n) is 5.16. The normalized spacial score (nSPS) is 17.4. The number of nitrogens with zero attached hydrogens (tertiary/aromatic N) is 4. The molecule has 4 rings (SSSR count). The summed E-state index contributed by atoms with van der Waals surface area (Å²) >= 11 is 7.86. The van der Waals surface area contributed by atoms with Gasteiger partial charge in [0.1, 0.15) is 0 Å². The lowest BCUT2D eigenvalue weighted by molar-refractivity contribution is -0.137. The van der Waals surface area contributed by atoms with Crippen molar-refractivity contribution in [3.63, 3.8) is 0 Å². The first-order chi connectivity index (χ1) is 14.1. The van der Waals surface area contributed by atoms with Gasteiger partial charge in [-0.15, -0.1) is 11.3 Å². The topological polar surface area (TPSA) is 62.5 Å². The Morgan fingerprint density at radius 3 is 3.00 bits per heavy atom. The summed E-state index contributed by atoms with van der Waals surface area (Å²) in [5.74, 6) is 1.10. The van der Waals surface area contributed by atoms with Crippen LogP contribution in [0.4, 0.5) is 0 Å². The molecule has 1 saturated heterocycles. The van der Waals surface area contributed by atoms with E-state index in [0.717, 1.165) is 47.9 Å². The highest BCUT2D eigenvalue weighted by atomic mass is 35.5. The highest BCUT2D eigenvalue weighted by molar-refractivity contribution is 7.13. The summed E-state index contributed by atoms with van der Waals surface area (Å²) in [6.07, 6.45) is 1.89. The molecule has 1 aliphatic rings. The van der Waals surface area contributed by atoms with Gasteiger partial charge >= 0.3 is 0 Å². The molecule has 1 fully saturated rings. The van der Waals surface area contributed by atoms with Crippen LogP contribution in [0.5, 0.6) is 0 Å². The minimum Gasteiger partial charge on any atom is -0.337 e. The quantitative estimate of drug-likeness (QED) is 0.582. The van der Waals surface area contributed by atoms with Gasteiger partial charge in [0.2, 0.25) is 17.6 Å². The lowest BCUT2D eigenvalue weighted by Crippen LogP contribution is -2.43. The number of aromatic nitrogens is 2. The first-order valence-electron chi connectivity index (χ1n) is 9.67. The minimum absolute atomic E-state index is 0.0316. The molecule has 0 unspecified atom stereocenters. The Morgan fingerprint density at radius 1 is 1.34 bits per heavy atom. The van der Waals surface area contributed by atoms with Crippen molar-refractivity contribution in [1.29, 1.82) is 0 Å². The van der Waals surface area contributed by atoms with Gasteiger partial charge in [-0.3, -0.25) is 9.69 Å². The van der Waals surface area contributed by atoms with E-state index in [9.17, 15) is 4.79 Å². The number of piperidine rings is 1. The number of carbonyl (C=O) groups excluding carboxylic acids is 1. The van der Waals surface area contributed by atoms with E-state index in [2.05, 4.69) is 15.0 Å². The van der Waals surface area contributed by atoms with Crippen LogP contribution in [-0.2, 0) is 17.9 Å². The van der Waals surface area contributed by atoms with Gasteiger partial charge in [-0.1, -0.05) is 41.0 Å². The van der Waals surface area contributed by atoms with Gasteiger partial charge in [-0.25, -0.2) is 0 Å². The molecule has 0 spiro atoms. The van der Waals surface area contributed by atoms with Gasteiger partial charge in [0.05, 0.1) is 17.3 Å². The first kappa shape index (κ1) is 20.1. The molecule has 0 bridgehead atoms. The summed E-state index contributed by atoms with van der Waals surface area (Å²) in [6.45, 7) is 2.80. The molecular formula is C21H23ClN4O2S. The second-order valence-electron chi connectivity index (χ2n) is 7.35. The van der Waals surface area contributed by atoms with Crippen LogP contribution in [0.3, 0.4) is 0 Å². The van der Waals surface area contributed by atoms with Crippen molar-refractivity contribution < 1.29 is 9.32 Å². The smallest absolute Gasteiger partial charge is 0.246 e. The Bertz CT molecular complexity index is 959. The van der Waals surface area contributed by atoms with E-state index >= 15 is 0 Å². The van der Waals surface area contributed by atoms with Crippen LogP contribution in [-0.4, -0.2) is 46.0 Å². The third kappa shape index (κ3) is 4.86. The number of likely N-dealkylation sites (tertiary alicyclic amines) is 1. The summed E-state index contributed by atoms with van der Waals surface area (Å²) in [5, 5.41) is 6.76. The number of amides is 1. The van der Waals surface area contributed by atoms with Crippen LogP contribution in [0.2, 0.25) is 5.02 Å². The molecule has 3 heterocycles. The van der Waals surface area contributed by atoms with Crippen LogP contribution in [0.15, 0.2) is 46.3 Å². The zero-order valence-corrected chi connectivity index (χ0v) is 17.8. The Labute approximate surface area is 179 Å². The van der Waals surface area contributed by atoms with Crippen molar-refractivity contribution in [2.45, 2.75) is 25.9 Å². The lowest BCUT2D eigenvalue weighted by atomic mass is 9.96. The Kier molecular flexibility index (Phi) is 6.28. The maximum Gasteiger partial charge on any atom is 0.246 e. The van der Waals surface area contributed by atoms with Crippen molar-refractivity contribution in [3.05, 3.63) is 58.3 Å². The van der Waals surface area contributed by atoms with Crippen LogP contribution in [0.25, 0.3) is 10.7 Å². The van der Waals surface area contributed by atoms with E-state index in [0.29, 0.717) is 18.3 Å². The number of carbonyl (C=O) groups is 1. The predicted molar refractivity (Wildman–Crippen MR) is 114 cm³/mol. The largest absolute Gasteiger partial charge is 0.337 e. The number of rotatable bonds is 6. The fraction of sp³-hybridized carbons (Fsp3) is 0.381. The zero-order valence-electron chi connectivity index (χ0n) is 16.3. The van der Waals surface area contributed by atoms with Gasteiger partial charge in [0, 0.05) is 25.2 Å². The molecule has 1 atom stereocenters. The molecule has 1 aromatic carbocycles. The van der Waals surface area contributed by atoms with E-state index in [-0.39, 0.29) is 11.8 Å². The van der Waals surface area contributed by atoms with E-state index in [4.69, 9.17) is 16.1 Å². The van der Waals surface area contributed by atoms with Gasteiger partial charge in [0.25, 0.3) is 0 Å². The van der Waals surface area contributed by atoms with Crippen LogP contribution < -0.4 is 0 Å². The van der Waals surface area contributed by atoms with Crippen molar-refractivity contribution in [2.75, 3.05) is 20.1 Å². The van der Waals surface area contributed by atoms with E-state index in [1.807, 2.05) is 41.8 Å². The number of halogens is 1. The standard InChI is InChI=1S/C21H23ClN4O2S/c1-25(14-19-23-20(24-28-19)18-9-5-11-29-18)21(27)16-7-4-10-26(13-16)12-15-6-2-3-8-17(15)22/h2-3,5-6,8-9,11,16H,4,7,10,12-14H2,1H3/t16-/m0/s1. The van der Waals surface area contributed by atoms with E-state index in [1.54, 1.807) is 23.3 Å².